The van der Waals surface area contributed by atoms with Gasteiger partial charge in [-0.25, -0.2) is 4.98 Å². The normalized spacial score (nSPS) is 12.1. The number of nitrogens with one attached hydrogen (secondary N) is 1. The number of carbonyl (C=O) groups is 1. The average Bonchev–Trinajstić information content (AvgIpc) is 2.91. The molecule has 5 heteroatoms. The Morgan fingerprint density at radius 3 is 2.80 bits per heavy atom. The molecule has 2 aromatic rings. The fourth-order valence-corrected chi connectivity index (χ4v) is 2.58. The largest absolute Gasteiger partial charge is 0.349 e. The molecule has 0 saturated carbocycles. The van der Waals surface area contributed by atoms with Crippen molar-refractivity contribution in [2.75, 3.05) is 0 Å². The van der Waals surface area contributed by atoms with Crippen LogP contribution in [0.3, 0.4) is 0 Å². The number of nitrogens with two attached hydrogens (primary N) is 1. The summed E-state index contributed by atoms with van der Waals surface area (Å²) in [5.74, 6) is -0.149. The highest BCUT2D eigenvalue weighted by Gasteiger charge is 2.08. The molecule has 1 atom stereocenters. The van der Waals surface area contributed by atoms with Gasteiger partial charge in [-0.3, -0.25) is 4.79 Å². The summed E-state index contributed by atoms with van der Waals surface area (Å²) in [6.45, 7) is 2.11. The van der Waals surface area contributed by atoms with Crippen molar-refractivity contribution in [1.29, 1.82) is 0 Å². The van der Waals surface area contributed by atoms with Gasteiger partial charge in [0.15, 0.2) is 0 Å². The highest BCUT2D eigenvalue weighted by Crippen LogP contribution is 2.13. The summed E-state index contributed by atoms with van der Waals surface area (Å²) in [7, 11) is 0. The lowest BCUT2D eigenvalue weighted by Crippen LogP contribution is -2.37. The average molecular weight is 289 g/mol. The van der Waals surface area contributed by atoms with Crippen molar-refractivity contribution in [3.05, 3.63) is 52.0 Å². The summed E-state index contributed by atoms with van der Waals surface area (Å²) < 4.78 is 0. The van der Waals surface area contributed by atoms with E-state index in [0.717, 1.165) is 23.5 Å². The van der Waals surface area contributed by atoms with Gasteiger partial charge in [-0.1, -0.05) is 30.3 Å². The Balaban J connectivity index is 1.82. The zero-order chi connectivity index (χ0) is 14.4. The smallest absolute Gasteiger partial charge is 0.236 e. The maximum atomic E-state index is 11.4. The number of rotatable bonds is 6. The molecule has 2 rings (SSSR count). The van der Waals surface area contributed by atoms with E-state index in [-0.39, 0.29) is 5.91 Å². The second-order valence-electron chi connectivity index (χ2n) is 4.72. The van der Waals surface area contributed by atoms with E-state index in [0.29, 0.717) is 6.54 Å². The molecular formula is C15H19N3OS. The van der Waals surface area contributed by atoms with Gasteiger partial charge in [-0.15, -0.1) is 11.3 Å². The number of amides is 1. The minimum atomic E-state index is -0.480. The van der Waals surface area contributed by atoms with Crippen molar-refractivity contribution in [2.45, 2.75) is 32.4 Å². The van der Waals surface area contributed by atoms with Gasteiger partial charge in [-0.05, 0) is 18.9 Å². The van der Waals surface area contributed by atoms with E-state index in [1.165, 1.54) is 5.56 Å². The molecule has 0 radical (unpaired) electrons. The molecule has 0 bridgehead atoms. The molecule has 0 unspecified atom stereocenters. The van der Waals surface area contributed by atoms with Crippen LogP contribution in [0.2, 0.25) is 0 Å². The Kier molecular flexibility index (Phi) is 5.26. The first-order valence-electron chi connectivity index (χ1n) is 6.65. The van der Waals surface area contributed by atoms with Crippen LogP contribution in [0.4, 0.5) is 0 Å². The second kappa shape index (κ2) is 7.17. The number of aromatic nitrogens is 1. The van der Waals surface area contributed by atoms with Crippen molar-refractivity contribution in [1.82, 2.24) is 10.3 Å². The van der Waals surface area contributed by atoms with E-state index in [9.17, 15) is 4.79 Å². The van der Waals surface area contributed by atoms with E-state index in [1.54, 1.807) is 18.3 Å². The second-order valence-corrected chi connectivity index (χ2v) is 5.67. The van der Waals surface area contributed by atoms with Crippen LogP contribution in [0.25, 0.3) is 0 Å². The SMILES string of the molecule is C[C@@H](N)C(=O)NCc1csc(CCc2ccccc2)n1. The number of benzene rings is 1. The summed E-state index contributed by atoms with van der Waals surface area (Å²) >= 11 is 1.64. The predicted octanol–water partition coefficient (Wildman–Crippen LogP) is 1.89. The third-order valence-electron chi connectivity index (χ3n) is 2.93. The third-order valence-corrected chi connectivity index (χ3v) is 3.88. The molecule has 1 aromatic carbocycles. The highest BCUT2D eigenvalue weighted by molar-refractivity contribution is 7.09. The minimum Gasteiger partial charge on any atom is -0.349 e. The van der Waals surface area contributed by atoms with Gasteiger partial charge in [0.25, 0.3) is 0 Å². The lowest BCUT2D eigenvalue weighted by atomic mass is 10.1. The minimum absolute atomic E-state index is 0.149. The van der Waals surface area contributed by atoms with E-state index in [2.05, 4.69) is 22.4 Å². The molecule has 20 heavy (non-hydrogen) atoms. The predicted molar refractivity (Wildman–Crippen MR) is 81.5 cm³/mol. The molecule has 0 fully saturated rings. The van der Waals surface area contributed by atoms with Gasteiger partial charge >= 0.3 is 0 Å². The van der Waals surface area contributed by atoms with Crippen LogP contribution in [-0.2, 0) is 24.2 Å². The number of nitrogens with zero attached hydrogens (tertiary/aromatic N) is 1. The molecule has 106 valence electrons. The van der Waals surface area contributed by atoms with E-state index < -0.39 is 6.04 Å². The molecule has 1 amide bonds. The molecule has 0 aliphatic carbocycles. The number of carbonyl (C=O) groups excluding carboxylic acids is 1. The molecule has 1 aromatic heterocycles. The van der Waals surface area contributed by atoms with Gasteiger partial charge in [0.2, 0.25) is 5.91 Å². The van der Waals surface area contributed by atoms with Crippen LogP contribution in [0.5, 0.6) is 0 Å². The van der Waals surface area contributed by atoms with Crippen molar-refractivity contribution in [3.63, 3.8) is 0 Å². The summed E-state index contributed by atoms with van der Waals surface area (Å²) in [5, 5.41) is 5.85. The zero-order valence-corrected chi connectivity index (χ0v) is 12.3. The quantitative estimate of drug-likeness (QED) is 0.853. The van der Waals surface area contributed by atoms with Gasteiger partial charge in [-0.2, -0.15) is 0 Å². The van der Waals surface area contributed by atoms with Crippen LogP contribution >= 0.6 is 11.3 Å². The lowest BCUT2D eigenvalue weighted by molar-refractivity contribution is -0.122. The number of thiazole rings is 1. The topological polar surface area (TPSA) is 68.0 Å². The van der Waals surface area contributed by atoms with Crippen LogP contribution in [-0.4, -0.2) is 16.9 Å². The van der Waals surface area contributed by atoms with E-state index in [1.807, 2.05) is 23.6 Å². The van der Waals surface area contributed by atoms with Gasteiger partial charge in [0.05, 0.1) is 23.3 Å². The van der Waals surface area contributed by atoms with Crippen molar-refractivity contribution < 1.29 is 4.79 Å². The molecule has 1 heterocycles. The Morgan fingerprint density at radius 2 is 2.10 bits per heavy atom. The first kappa shape index (κ1) is 14.7. The molecule has 4 nitrogen and oxygen atoms in total. The monoisotopic (exact) mass is 289 g/mol. The number of hydrogen-bond donors (Lipinski definition) is 2. The molecule has 0 aliphatic heterocycles. The Bertz CT molecular complexity index is 551. The zero-order valence-electron chi connectivity index (χ0n) is 11.5. The first-order valence-corrected chi connectivity index (χ1v) is 7.53. The van der Waals surface area contributed by atoms with Crippen LogP contribution in [0.1, 0.15) is 23.2 Å². The van der Waals surface area contributed by atoms with E-state index >= 15 is 0 Å². The summed E-state index contributed by atoms with van der Waals surface area (Å²) in [6.07, 6.45) is 1.91. The molecular weight excluding hydrogens is 270 g/mol. The van der Waals surface area contributed by atoms with Crippen LogP contribution < -0.4 is 11.1 Å². The third kappa shape index (κ3) is 4.43. The van der Waals surface area contributed by atoms with E-state index in [4.69, 9.17) is 5.73 Å². The standard InChI is InChI=1S/C15H19N3OS/c1-11(16)15(19)17-9-13-10-20-14(18-13)8-7-12-5-3-2-4-6-12/h2-6,10-11H,7-9,16H2,1H3,(H,17,19)/t11-/m1/s1. The molecule has 0 aliphatic rings. The van der Waals surface area contributed by atoms with Crippen molar-refractivity contribution in [3.8, 4) is 0 Å². The molecule has 0 saturated heterocycles. The maximum absolute atomic E-state index is 11.4. The van der Waals surface area contributed by atoms with Crippen LogP contribution in [0.15, 0.2) is 35.7 Å². The Labute approximate surface area is 123 Å². The van der Waals surface area contributed by atoms with Crippen molar-refractivity contribution >= 4 is 17.2 Å². The maximum Gasteiger partial charge on any atom is 0.236 e. The van der Waals surface area contributed by atoms with Gasteiger partial charge in [0.1, 0.15) is 0 Å². The Hall–Kier alpha value is -1.72. The van der Waals surface area contributed by atoms with Crippen molar-refractivity contribution in [2.24, 2.45) is 5.73 Å². The molecule has 0 spiro atoms. The summed E-state index contributed by atoms with van der Waals surface area (Å²) in [4.78, 5) is 15.9. The lowest BCUT2D eigenvalue weighted by Gasteiger charge is -2.05. The number of aryl methyl sites for hydroxylation is 2. The summed E-state index contributed by atoms with van der Waals surface area (Å²) in [6, 6.07) is 9.88. The highest BCUT2D eigenvalue weighted by atomic mass is 32.1. The first-order chi connectivity index (χ1) is 9.65. The fourth-order valence-electron chi connectivity index (χ4n) is 1.78. The fraction of sp³-hybridized carbons (Fsp3) is 0.333. The van der Waals surface area contributed by atoms with Gasteiger partial charge in [0, 0.05) is 11.8 Å². The molecule has 3 N–H and O–H groups in total. The summed E-state index contributed by atoms with van der Waals surface area (Å²) in [5.41, 5.74) is 7.70. The Morgan fingerprint density at radius 1 is 1.35 bits per heavy atom. The number of hydrogen-bond acceptors (Lipinski definition) is 4. The van der Waals surface area contributed by atoms with Crippen LogP contribution in [0, 0.1) is 0 Å². The van der Waals surface area contributed by atoms with Gasteiger partial charge < -0.3 is 11.1 Å².